The molecule has 2 atom stereocenters. The Bertz CT molecular complexity index is 844. The molecule has 2 aliphatic rings. The summed E-state index contributed by atoms with van der Waals surface area (Å²) >= 11 is 0. The van der Waals surface area contributed by atoms with Crippen LogP contribution >= 0.6 is 0 Å². The highest BCUT2D eigenvalue weighted by atomic mass is 16.3. The topological polar surface area (TPSA) is 78.4 Å². The van der Waals surface area contributed by atoms with E-state index in [1.807, 2.05) is 24.0 Å². The highest BCUT2D eigenvalue weighted by Gasteiger charge is 2.52. The third-order valence-corrected chi connectivity index (χ3v) is 6.03. The molecule has 148 valence electrons. The van der Waals surface area contributed by atoms with Crippen LogP contribution < -0.4 is 10.2 Å². The second-order valence-electron chi connectivity index (χ2n) is 8.44. The summed E-state index contributed by atoms with van der Waals surface area (Å²) in [5.74, 6) is 1.22. The van der Waals surface area contributed by atoms with Crippen LogP contribution in [-0.4, -0.2) is 46.4 Å². The lowest BCUT2D eigenvalue weighted by molar-refractivity contribution is -0.124. The smallest absolute Gasteiger partial charge is 0.231 e. The number of aromatic nitrogens is 2. The monoisotopic (exact) mass is 380 g/mol. The van der Waals surface area contributed by atoms with Crippen LogP contribution in [0.2, 0.25) is 0 Å². The minimum absolute atomic E-state index is 0.0192. The highest BCUT2D eigenvalue weighted by molar-refractivity contribution is 5.91. The lowest BCUT2D eigenvalue weighted by Gasteiger charge is -2.22. The first-order valence-electron chi connectivity index (χ1n) is 10.0. The maximum absolute atomic E-state index is 13.1. The molecule has 0 unspecified atom stereocenters. The first-order chi connectivity index (χ1) is 13.4. The first kappa shape index (κ1) is 18.9. The Balaban J connectivity index is 1.43. The molecule has 1 aliphatic carbocycles. The van der Waals surface area contributed by atoms with Crippen LogP contribution in [0.25, 0.3) is 0 Å². The number of nitrogens with zero attached hydrogens (tertiary/aromatic N) is 3. The molecule has 28 heavy (non-hydrogen) atoms. The summed E-state index contributed by atoms with van der Waals surface area (Å²) in [7, 11) is 0. The number of hydrogen-bond acceptors (Lipinski definition) is 5. The quantitative estimate of drug-likeness (QED) is 0.832. The Morgan fingerprint density at radius 3 is 2.43 bits per heavy atom. The van der Waals surface area contributed by atoms with Crippen LogP contribution in [0.5, 0.6) is 0 Å². The molecular formula is C22H28N4O2. The van der Waals surface area contributed by atoms with E-state index in [2.05, 4.69) is 53.6 Å². The average Bonchev–Trinajstić information content (AvgIpc) is 3.42. The van der Waals surface area contributed by atoms with Gasteiger partial charge in [-0.2, -0.15) is 5.10 Å². The Labute approximate surface area is 166 Å². The van der Waals surface area contributed by atoms with E-state index in [0.717, 1.165) is 29.9 Å². The molecule has 1 amide bonds. The number of aryl methyl sites for hydroxylation is 1. The number of amides is 1. The Kier molecular flexibility index (Phi) is 4.83. The fraction of sp³-hybridized carbons (Fsp3) is 0.500. The summed E-state index contributed by atoms with van der Waals surface area (Å²) in [6.07, 6.45) is 1.09. The molecule has 6 heteroatoms. The van der Waals surface area contributed by atoms with Crippen molar-refractivity contribution in [2.24, 2.45) is 0 Å². The van der Waals surface area contributed by atoms with Gasteiger partial charge < -0.3 is 15.3 Å². The molecule has 1 saturated heterocycles. The van der Waals surface area contributed by atoms with E-state index < -0.39 is 11.5 Å². The Morgan fingerprint density at radius 2 is 1.86 bits per heavy atom. The van der Waals surface area contributed by atoms with E-state index in [1.165, 1.54) is 5.56 Å². The second-order valence-corrected chi connectivity index (χ2v) is 8.44. The summed E-state index contributed by atoms with van der Waals surface area (Å²) in [4.78, 5) is 15.0. The number of hydrogen-bond donors (Lipinski definition) is 2. The third kappa shape index (κ3) is 3.49. The Morgan fingerprint density at radius 1 is 1.14 bits per heavy atom. The number of anilines is 1. The van der Waals surface area contributed by atoms with Gasteiger partial charge >= 0.3 is 0 Å². The molecule has 6 nitrogen and oxygen atoms in total. The SMILES string of the molecule is Cc1ccc(N2C[C@@H](O)[C@H](NC(=O)C3(c4ccc(C(C)C)cc4)CC3)C2)nn1. The van der Waals surface area contributed by atoms with E-state index in [-0.39, 0.29) is 11.9 Å². The van der Waals surface area contributed by atoms with Crippen LogP contribution in [0.3, 0.4) is 0 Å². The predicted octanol–water partition coefficient (Wildman–Crippen LogP) is 2.31. The van der Waals surface area contributed by atoms with Crippen molar-refractivity contribution in [3.8, 4) is 0 Å². The number of rotatable bonds is 5. The van der Waals surface area contributed by atoms with Crippen molar-refractivity contribution in [3.63, 3.8) is 0 Å². The van der Waals surface area contributed by atoms with Crippen molar-refractivity contribution in [2.45, 2.75) is 57.1 Å². The van der Waals surface area contributed by atoms with Crippen LogP contribution in [-0.2, 0) is 10.2 Å². The van der Waals surface area contributed by atoms with Gasteiger partial charge in [-0.05, 0) is 48.9 Å². The number of nitrogens with one attached hydrogen (secondary N) is 1. The highest BCUT2D eigenvalue weighted by Crippen LogP contribution is 2.48. The van der Waals surface area contributed by atoms with E-state index in [9.17, 15) is 9.90 Å². The number of carbonyl (C=O) groups excluding carboxylic acids is 1. The zero-order valence-corrected chi connectivity index (χ0v) is 16.7. The molecule has 1 saturated carbocycles. The molecule has 1 aromatic carbocycles. The van der Waals surface area contributed by atoms with Gasteiger partial charge in [0.1, 0.15) is 0 Å². The Hall–Kier alpha value is -2.47. The minimum atomic E-state index is -0.619. The van der Waals surface area contributed by atoms with Crippen molar-refractivity contribution in [3.05, 3.63) is 53.2 Å². The van der Waals surface area contributed by atoms with Crippen LogP contribution in [0, 0.1) is 6.92 Å². The predicted molar refractivity (Wildman–Crippen MR) is 108 cm³/mol. The number of β-amino-alcohol motifs (C(OH)–C–C–N with tert-alkyl or cyclic N) is 1. The summed E-state index contributed by atoms with van der Waals surface area (Å²) < 4.78 is 0. The van der Waals surface area contributed by atoms with Crippen molar-refractivity contribution in [1.29, 1.82) is 0 Å². The molecule has 0 radical (unpaired) electrons. The summed E-state index contributed by atoms with van der Waals surface area (Å²) in [6.45, 7) is 7.20. The average molecular weight is 380 g/mol. The van der Waals surface area contributed by atoms with Gasteiger partial charge in [-0.3, -0.25) is 4.79 Å². The van der Waals surface area contributed by atoms with Crippen molar-refractivity contribution < 1.29 is 9.90 Å². The van der Waals surface area contributed by atoms with E-state index >= 15 is 0 Å². The largest absolute Gasteiger partial charge is 0.389 e. The van der Waals surface area contributed by atoms with Gasteiger partial charge in [0.2, 0.25) is 5.91 Å². The van der Waals surface area contributed by atoms with E-state index in [1.54, 1.807) is 0 Å². The van der Waals surface area contributed by atoms with Gasteiger partial charge in [-0.15, -0.1) is 5.10 Å². The lowest BCUT2D eigenvalue weighted by Crippen LogP contribution is -2.47. The van der Waals surface area contributed by atoms with Crippen LogP contribution in [0.4, 0.5) is 5.82 Å². The first-order valence-corrected chi connectivity index (χ1v) is 10.0. The molecule has 2 fully saturated rings. The minimum Gasteiger partial charge on any atom is -0.389 e. The summed E-state index contributed by atoms with van der Waals surface area (Å²) in [5, 5.41) is 21.8. The molecule has 2 heterocycles. The second kappa shape index (κ2) is 7.17. The van der Waals surface area contributed by atoms with Gasteiger partial charge in [0.15, 0.2) is 5.82 Å². The summed E-state index contributed by atoms with van der Waals surface area (Å²) in [6, 6.07) is 11.9. The number of benzene rings is 1. The molecule has 2 N–H and O–H groups in total. The number of carbonyl (C=O) groups is 1. The zero-order chi connectivity index (χ0) is 19.9. The molecule has 0 spiro atoms. The molecule has 2 aromatic rings. The fourth-order valence-corrected chi connectivity index (χ4v) is 3.94. The van der Waals surface area contributed by atoms with Crippen LogP contribution in [0.15, 0.2) is 36.4 Å². The van der Waals surface area contributed by atoms with Crippen molar-refractivity contribution in [1.82, 2.24) is 15.5 Å². The van der Waals surface area contributed by atoms with Gasteiger partial charge in [-0.25, -0.2) is 0 Å². The zero-order valence-electron chi connectivity index (χ0n) is 16.7. The molecule has 1 aliphatic heterocycles. The maximum atomic E-state index is 13.1. The molecule has 1 aromatic heterocycles. The standard InChI is InChI=1S/C22H28N4O2/c1-14(2)16-5-7-17(8-6-16)22(10-11-22)21(28)23-18-12-26(13-19(18)27)20-9-4-15(3)24-25-20/h4-9,14,18-19,27H,10-13H2,1-3H3,(H,23,28)/t18-,19-/m1/s1. The molecular weight excluding hydrogens is 352 g/mol. The van der Waals surface area contributed by atoms with Gasteiger partial charge in [-0.1, -0.05) is 38.1 Å². The van der Waals surface area contributed by atoms with Gasteiger partial charge in [0, 0.05) is 13.1 Å². The van der Waals surface area contributed by atoms with E-state index in [4.69, 9.17) is 0 Å². The van der Waals surface area contributed by atoms with Gasteiger partial charge in [0.25, 0.3) is 0 Å². The number of aliphatic hydroxyl groups is 1. The van der Waals surface area contributed by atoms with Gasteiger partial charge in [0.05, 0.1) is 23.3 Å². The van der Waals surface area contributed by atoms with E-state index in [0.29, 0.717) is 19.0 Å². The molecule has 0 bridgehead atoms. The summed E-state index contributed by atoms with van der Waals surface area (Å²) in [5.41, 5.74) is 2.77. The van der Waals surface area contributed by atoms with Crippen LogP contribution in [0.1, 0.15) is 49.4 Å². The molecule has 4 rings (SSSR count). The fourth-order valence-electron chi connectivity index (χ4n) is 3.94. The number of aliphatic hydroxyl groups excluding tert-OH is 1. The normalized spacial score (nSPS) is 23.1. The lowest BCUT2D eigenvalue weighted by atomic mass is 9.92. The van der Waals surface area contributed by atoms with Crippen molar-refractivity contribution in [2.75, 3.05) is 18.0 Å². The van der Waals surface area contributed by atoms with Crippen molar-refractivity contribution >= 4 is 11.7 Å². The third-order valence-electron chi connectivity index (χ3n) is 6.03. The maximum Gasteiger partial charge on any atom is 0.231 e.